The number of aliphatic hydroxyl groups is 1. The summed E-state index contributed by atoms with van der Waals surface area (Å²) in [6, 6.07) is 0. The van der Waals surface area contributed by atoms with Crippen LogP contribution in [0, 0.1) is 23.7 Å². The summed E-state index contributed by atoms with van der Waals surface area (Å²) in [7, 11) is -9.90. The van der Waals surface area contributed by atoms with Crippen LogP contribution in [0.25, 0.3) is 0 Å². The van der Waals surface area contributed by atoms with Gasteiger partial charge in [-0.2, -0.15) is 0 Å². The van der Waals surface area contributed by atoms with E-state index >= 15 is 0 Å². The second-order valence-corrected chi connectivity index (χ2v) is 30.4. The van der Waals surface area contributed by atoms with Crippen molar-refractivity contribution in [1.29, 1.82) is 0 Å². The maximum absolute atomic E-state index is 13.0. The number of rotatable bonds is 68. The van der Waals surface area contributed by atoms with E-state index in [0.29, 0.717) is 31.6 Å². The molecule has 0 fully saturated rings. The van der Waals surface area contributed by atoms with Crippen LogP contribution in [0.15, 0.2) is 0 Å². The number of ether oxygens (including phenoxy) is 4. The van der Waals surface area contributed by atoms with Crippen LogP contribution in [0.5, 0.6) is 0 Å². The van der Waals surface area contributed by atoms with Gasteiger partial charge >= 0.3 is 39.5 Å². The molecule has 0 radical (unpaired) electrons. The highest BCUT2D eigenvalue weighted by Crippen LogP contribution is 2.45. The standard InChI is InChI=1S/C71H138O17P2/c1-61(2)47-39-31-23-17-13-11-9-10-12-14-20-27-37-45-53-70(75)87-66(57-81-68(73)51-43-35-26-19-16-15-18-24-32-40-48-62(3)4)59-85-89(77,78)83-55-65(72)56-84-90(79,80)86-60-67(58-82-69(74)52-44-36-30-29-34-42-50-64(7)8)88-71(76)54-46-38-28-22-21-25-33-41-49-63(5)6/h61-67,72H,9-60H2,1-8H3,(H,77,78)(H,79,80)/t65-,66-,67-/m1/s1. The van der Waals surface area contributed by atoms with Crippen LogP contribution in [0.1, 0.15) is 351 Å². The topological polar surface area (TPSA) is 237 Å². The summed E-state index contributed by atoms with van der Waals surface area (Å²) in [5.74, 6) is 0.821. The van der Waals surface area contributed by atoms with Crippen LogP contribution in [-0.4, -0.2) is 96.7 Å². The van der Waals surface area contributed by atoms with Crippen molar-refractivity contribution in [2.75, 3.05) is 39.6 Å². The van der Waals surface area contributed by atoms with Gasteiger partial charge in [-0.15, -0.1) is 0 Å². The van der Waals surface area contributed by atoms with Gasteiger partial charge in [0.15, 0.2) is 12.2 Å². The molecule has 17 nitrogen and oxygen atoms in total. The van der Waals surface area contributed by atoms with Gasteiger partial charge in [0, 0.05) is 25.7 Å². The number of phosphoric ester groups is 2. The third kappa shape index (κ3) is 64.8. The third-order valence-electron chi connectivity index (χ3n) is 16.3. The van der Waals surface area contributed by atoms with Gasteiger partial charge in [0.1, 0.15) is 19.3 Å². The zero-order valence-corrected chi connectivity index (χ0v) is 60.6. The Morgan fingerprint density at radius 2 is 0.467 bits per heavy atom. The monoisotopic (exact) mass is 1320 g/mol. The second-order valence-electron chi connectivity index (χ2n) is 27.5. The number of carbonyl (C=O) groups excluding carboxylic acids is 4. The van der Waals surface area contributed by atoms with Crippen molar-refractivity contribution in [2.24, 2.45) is 23.7 Å². The summed E-state index contributed by atoms with van der Waals surface area (Å²) in [4.78, 5) is 72.5. The van der Waals surface area contributed by atoms with Crippen LogP contribution in [0.4, 0.5) is 0 Å². The average Bonchev–Trinajstić information content (AvgIpc) is 3.49. The molecule has 5 atom stereocenters. The number of esters is 4. The van der Waals surface area contributed by atoms with Gasteiger partial charge in [-0.3, -0.25) is 37.3 Å². The van der Waals surface area contributed by atoms with Crippen LogP contribution in [-0.2, 0) is 65.4 Å². The van der Waals surface area contributed by atoms with Crippen molar-refractivity contribution >= 4 is 39.5 Å². The van der Waals surface area contributed by atoms with Gasteiger partial charge in [-0.25, -0.2) is 9.13 Å². The number of hydrogen-bond donors (Lipinski definition) is 3. The molecular formula is C71H138O17P2. The van der Waals surface area contributed by atoms with E-state index in [1.807, 2.05) is 0 Å². The smallest absolute Gasteiger partial charge is 0.462 e. The molecule has 0 aliphatic rings. The van der Waals surface area contributed by atoms with Gasteiger partial charge in [0.05, 0.1) is 26.4 Å². The average molecular weight is 1330 g/mol. The molecule has 0 saturated carbocycles. The van der Waals surface area contributed by atoms with Crippen molar-refractivity contribution in [3.63, 3.8) is 0 Å². The van der Waals surface area contributed by atoms with E-state index in [0.717, 1.165) is 114 Å². The van der Waals surface area contributed by atoms with Crippen molar-refractivity contribution < 1.29 is 80.2 Å². The molecule has 2 unspecified atom stereocenters. The summed E-state index contributed by atoms with van der Waals surface area (Å²) in [6.07, 6.45) is 43.3. The predicted molar refractivity (Wildman–Crippen MR) is 363 cm³/mol. The fraction of sp³-hybridized carbons (Fsp3) is 0.944. The lowest BCUT2D eigenvalue weighted by Gasteiger charge is -2.21. The van der Waals surface area contributed by atoms with Crippen LogP contribution < -0.4 is 0 Å². The van der Waals surface area contributed by atoms with Crippen LogP contribution in [0.2, 0.25) is 0 Å². The van der Waals surface area contributed by atoms with E-state index < -0.39 is 97.5 Å². The third-order valence-corrected chi connectivity index (χ3v) is 18.2. The summed E-state index contributed by atoms with van der Waals surface area (Å²) < 4.78 is 68.3. The fourth-order valence-electron chi connectivity index (χ4n) is 10.7. The number of phosphoric acid groups is 2. The first-order valence-corrected chi connectivity index (χ1v) is 39.7. The molecule has 90 heavy (non-hydrogen) atoms. The molecule has 0 aromatic rings. The van der Waals surface area contributed by atoms with Crippen molar-refractivity contribution in [1.82, 2.24) is 0 Å². The summed E-state index contributed by atoms with van der Waals surface area (Å²) in [5.41, 5.74) is 0. The van der Waals surface area contributed by atoms with Crippen LogP contribution in [0.3, 0.4) is 0 Å². The first-order chi connectivity index (χ1) is 43.1. The Kier molecular flexibility index (Phi) is 59.4. The summed E-state index contributed by atoms with van der Waals surface area (Å²) >= 11 is 0. The zero-order chi connectivity index (χ0) is 66.8. The minimum atomic E-state index is -4.95. The molecule has 0 heterocycles. The SMILES string of the molecule is CC(C)CCCCCCCCCCCCCCCCC(=O)O[C@H](COC(=O)CCCCCCCCCCCCC(C)C)COP(=O)(O)OC[C@@H](O)COP(=O)(O)OC[C@@H](COC(=O)CCCCCCCCC(C)C)OC(=O)CCCCCCCCCCC(C)C. The zero-order valence-electron chi connectivity index (χ0n) is 58.8. The van der Waals surface area contributed by atoms with Crippen LogP contribution >= 0.6 is 15.6 Å². The van der Waals surface area contributed by atoms with E-state index in [-0.39, 0.29) is 25.7 Å². The predicted octanol–water partition coefficient (Wildman–Crippen LogP) is 20.1. The lowest BCUT2D eigenvalue weighted by atomic mass is 10.0. The maximum atomic E-state index is 13.0. The second kappa shape index (κ2) is 60.7. The normalized spacial score (nSPS) is 14.3. The molecule has 0 aliphatic carbocycles. The molecule has 534 valence electrons. The van der Waals surface area contributed by atoms with E-state index in [1.54, 1.807) is 0 Å². The van der Waals surface area contributed by atoms with E-state index in [9.17, 15) is 43.2 Å². The van der Waals surface area contributed by atoms with Gasteiger partial charge in [0.25, 0.3) is 0 Å². The molecule has 19 heteroatoms. The molecule has 0 bridgehead atoms. The number of unbranched alkanes of at least 4 members (excludes halogenated alkanes) is 34. The van der Waals surface area contributed by atoms with E-state index in [2.05, 4.69) is 55.4 Å². The fourth-order valence-corrected chi connectivity index (χ4v) is 12.2. The maximum Gasteiger partial charge on any atom is 0.472 e. The number of carbonyl (C=O) groups is 4. The first kappa shape index (κ1) is 88.1. The quantitative estimate of drug-likeness (QED) is 0.0222. The molecule has 3 N–H and O–H groups in total. The van der Waals surface area contributed by atoms with E-state index in [1.165, 1.54) is 148 Å². The Morgan fingerprint density at radius 1 is 0.278 bits per heavy atom. The first-order valence-electron chi connectivity index (χ1n) is 36.7. The number of aliphatic hydroxyl groups excluding tert-OH is 1. The highest BCUT2D eigenvalue weighted by Gasteiger charge is 2.30. The highest BCUT2D eigenvalue weighted by atomic mass is 31.2. The Bertz CT molecular complexity index is 1780. The minimum absolute atomic E-state index is 0.103. The number of hydrogen-bond acceptors (Lipinski definition) is 15. The van der Waals surface area contributed by atoms with E-state index in [4.69, 9.17) is 37.0 Å². The molecule has 0 aromatic heterocycles. The lowest BCUT2D eigenvalue weighted by molar-refractivity contribution is -0.161. The molecule has 0 aliphatic heterocycles. The summed E-state index contributed by atoms with van der Waals surface area (Å²) in [6.45, 7) is 14.0. The molecule has 0 aromatic carbocycles. The van der Waals surface area contributed by atoms with Gasteiger partial charge in [-0.05, 0) is 49.4 Å². The molecule has 0 amide bonds. The largest absolute Gasteiger partial charge is 0.472 e. The highest BCUT2D eigenvalue weighted by molar-refractivity contribution is 7.47. The Hall–Kier alpha value is -1.94. The van der Waals surface area contributed by atoms with Gasteiger partial charge in [0.2, 0.25) is 0 Å². The summed E-state index contributed by atoms with van der Waals surface area (Å²) in [5, 5.41) is 10.6. The molecular weight excluding hydrogens is 1190 g/mol. The lowest BCUT2D eigenvalue weighted by Crippen LogP contribution is -2.30. The minimum Gasteiger partial charge on any atom is -0.462 e. The van der Waals surface area contributed by atoms with Gasteiger partial charge in [-0.1, -0.05) is 299 Å². The van der Waals surface area contributed by atoms with Crippen molar-refractivity contribution in [3.05, 3.63) is 0 Å². The Morgan fingerprint density at radius 3 is 0.689 bits per heavy atom. The van der Waals surface area contributed by atoms with Crippen molar-refractivity contribution in [3.8, 4) is 0 Å². The Balaban J connectivity index is 5.24. The van der Waals surface area contributed by atoms with Crippen molar-refractivity contribution in [2.45, 2.75) is 369 Å². The van der Waals surface area contributed by atoms with Gasteiger partial charge < -0.3 is 33.8 Å². The molecule has 0 spiro atoms. The molecule has 0 rings (SSSR count). The Labute approximate surface area is 549 Å². The molecule has 0 saturated heterocycles.